The Morgan fingerprint density at radius 3 is 2.25 bits per heavy atom. The molecule has 0 aromatic carbocycles. The third kappa shape index (κ3) is 3.17. The van der Waals surface area contributed by atoms with Crippen LogP contribution < -0.4 is 10.6 Å². The molecule has 0 bridgehead atoms. The summed E-state index contributed by atoms with van der Waals surface area (Å²) in [6.07, 6.45) is 6.54. The second-order valence-electron chi connectivity index (χ2n) is 6.98. The number of hydrogen-bond acceptors (Lipinski definition) is 3. The molecule has 0 saturated heterocycles. The van der Waals surface area contributed by atoms with Crippen LogP contribution in [0.3, 0.4) is 0 Å². The SMILES string of the molecule is Cc1nn(C)c(N(CC2CC2)CC2CC2)c1CC(C)N. The highest BCUT2D eigenvalue weighted by Crippen LogP contribution is 2.37. The number of aromatic nitrogens is 2. The molecule has 3 rings (SSSR count). The lowest BCUT2D eigenvalue weighted by Gasteiger charge is -2.26. The molecular formula is C16H28N4. The lowest BCUT2D eigenvalue weighted by molar-refractivity contribution is 0.634. The summed E-state index contributed by atoms with van der Waals surface area (Å²) in [5.74, 6) is 3.15. The molecule has 1 heterocycles. The summed E-state index contributed by atoms with van der Waals surface area (Å²) < 4.78 is 2.08. The minimum Gasteiger partial charge on any atom is -0.356 e. The molecule has 2 aliphatic rings. The van der Waals surface area contributed by atoms with E-state index in [1.54, 1.807) is 0 Å². The minimum atomic E-state index is 0.195. The lowest BCUT2D eigenvalue weighted by Crippen LogP contribution is -2.31. The Hall–Kier alpha value is -1.03. The first-order valence-corrected chi connectivity index (χ1v) is 8.07. The van der Waals surface area contributed by atoms with Crippen LogP contribution >= 0.6 is 0 Å². The molecule has 0 aliphatic heterocycles. The fourth-order valence-electron chi connectivity index (χ4n) is 3.12. The Balaban J connectivity index is 1.86. The maximum Gasteiger partial charge on any atom is 0.130 e. The molecule has 4 nitrogen and oxygen atoms in total. The second kappa shape index (κ2) is 5.40. The van der Waals surface area contributed by atoms with E-state index in [1.165, 1.54) is 50.2 Å². The quantitative estimate of drug-likeness (QED) is 0.831. The van der Waals surface area contributed by atoms with Gasteiger partial charge in [0.15, 0.2) is 0 Å². The van der Waals surface area contributed by atoms with Gasteiger partial charge in [-0.3, -0.25) is 4.68 Å². The van der Waals surface area contributed by atoms with Crippen molar-refractivity contribution in [1.29, 1.82) is 0 Å². The number of nitrogens with zero attached hydrogens (tertiary/aromatic N) is 3. The first kappa shape index (κ1) is 13.9. The van der Waals surface area contributed by atoms with Gasteiger partial charge in [-0.05, 0) is 57.8 Å². The van der Waals surface area contributed by atoms with Crippen LogP contribution in [0.15, 0.2) is 0 Å². The molecule has 0 spiro atoms. The summed E-state index contributed by atoms with van der Waals surface area (Å²) in [6.45, 7) is 6.62. The summed E-state index contributed by atoms with van der Waals surface area (Å²) >= 11 is 0. The first-order valence-electron chi connectivity index (χ1n) is 8.07. The van der Waals surface area contributed by atoms with E-state index in [1.807, 2.05) is 0 Å². The molecule has 112 valence electrons. The molecule has 2 saturated carbocycles. The summed E-state index contributed by atoms with van der Waals surface area (Å²) in [6, 6.07) is 0.195. The van der Waals surface area contributed by atoms with Gasteiger partial charge < -0.3 is 10.6 Å². The van der Waals surface area contributed by atoms with E-state index in [4.69, 9.17) is 5.73 Å². The van der Waals surface area contributed by atoms with Crippen LogP contribution in [0, 0.1) is 18.8 Å². The van der Waals surface area contributed by atoms with Gasteiger partial charge >= 0.3 is 0 Å². The van der Waals surface area contributed by atoms with Crippen LogP contribution in [0.2, 0.25) is 0 Å². The van der Waals surface area contributed by atoms with Gasteiger partial charge in [0.1, 0.15) is 5.82 Å². The van der Waals surface area contributed by atoms with Crippen molar-refractivity contribution in [3.63, 3.8) is 0 Å². The largest absolute Gasteiger partial charge is 0.356 e. The number of rotatable bonds is 7. The van der Waals surface area contributed by atoms with Gasteiger partial charge in [0, 0.05) is 31.7 Å². The summed E-state index contributed by atoms with van der Waals surface area (Å²) in [4.78, 5) is 2.60. The van der Waals surface area contributed by atoms with Gasteiger partial charge in [0.05, 0.1) is 5.69 Å². The molecule has 1 atom stereocenters. The monoisotopic (exact) mass is 276 g/mol. The molecule has 1 aromatic rings. The predicted molar refractivity (Wildman–Crippen MR) is 83.0 cm³/mol. The van der Waals surface area contributed by atoms with E-state index in [-0.39, 0.29) is 6.04 Å². The lowest BCUT2D eigenvalue weighted by atomic mass is 10.1. The molecule has 1 aromatic heterocycles. The van der Waals surface area contributed by atoms with E-state index in [0.717, 1.165) is 24.0 Å². The Morgan fingerprint density at radius 1 is 1.25 bits per heavy atom. The number of nitrogens with two attached hydrogens (primary N) is 1. The molecule has 2 aliphatic carbocycles. The minimum absolute atomic E-state index is 0.195. The zero-order valence-corrected chi connectivity index (χ0v) is 13.1. The van der Waals surface area contributed by atoms with Crippen LogP contribution in [0.5, 0.6) is 0 Å². The zero-order chi connectivity index (χ0) is 14.3. The predicted octanol–water partition coefficient (Wildman–Crippen LogP) is 2.24. The first-order chi connectivity index (χ1) is 9.54. The van der Waals surface area contributed by atoms with E-state index in [0.29, 0.717) is 0 Å². The molecule has 0 amide bonds. The highest BCUT2D eigenvalue weighted by Gasteiger charge is 2.32. The van der Waals surface area contributed by atoms with Crippen LogP contribution in [0.25, 0.3) is 0 Å². The van der Waals surface area contributed by atoms with Crippen LogP contribution in [0.4, 0.5) is 5.82 Å². The fourth-order valence-corrected chi connectivity index (χ4v) is 3.12. The number of aryl methyl sites for hydroxylation is 2. The smallest absolute Gasteiger partial charge is 0.130 e. The van der Waals surface area contributed by atoms with Crippen molar-refractivity contribution in [2.24, 2.45) is 24.6 Å². The van der Waals surface area contributed by atoms with Crippen molar-refractivity contribution in [2.75, 3.05) is 18.0 Å². The average molecular weight is 276 g/mol. The maximum atomic E-state index is 6.04. The van der Waals surface area contributed by atoms with Crippen molar-refractivity contribution in [3.8, 4) is 0 Å². The summed E-state index contributed by atoms with van der Waals surface area (Å²) in [7, 11) is 2.08. The second-order valence-corrected chi connectivity index (χ2v) is 6.98. The van der Waals surface area contributed by atoms with Gasteiger partial charge in [0.25, 0.3) is 0 Å². The number of hydrogen-bond donors (Lipinski definition) is 1. The highest BCUT2D eigenvalue weighted by atomic mass is 15.4. The third-order valence-electron chi connectivity index (χ3n) is 4.49. The van der Waals surface area contributed by atoms with E-state index in [2.05, 4.69) is 35.6 Å². The van der Waals surface area contributed by atoms with Gasteiger partial charge in [-0.25, -0.2) is 0 Å². The van der Waals surface area contributed by atoms with E-state index < -0.39 is 0 Å². The van der Waals surface area contributed by atoms with Crippen LogP contribution in [-0.2, 0) is 13.5 Å². The summed E-state index contributed by atoms with van der Waals surface area (Å²) in [5.41, 5.74) is 8.56. The van der Waals surface area contributed by atoms with Gasteiger partial charge in [-0.1, -0.05) is 0 Å². The van der Waals surface area contributed by atoms with Crippen molar-refractivity contribution >= 4 is 5.82 Å². The van der Waals surface area contributed by atoms with E-state index >= 15 is 0 Å². The highest BCUT2D eigenvalue weighted by molar-refractivity contribution is 5.51. The Labute approximate surface area is 122 Å². The molecule has 4 heteroatoms. The average Bonchev–Trinajstić information content (AvgIpc) is 3.23. The van der Waals surface area contributed by atoms with E-state index in [9.17, 15) is 0 Å². The zero-order valence-electron chi connectivity index (χ0n) is 13.1. The fraction of sp³-hybridized carbons (Fsp3) is 0.812. The Bertz CT molecular complexity index is 455. The van der Waals surface area contributed by atoms with Crippen molar-refractivity contribution in [3.05, 3.63) is 11.3 Å². The topological polar surface area (TPSA) is 47.1 Å². The molecule has 2 N–H and O–H groups in total. The van der Waals surface area contributed by atoms with Gasteiger partial charge in [0.2, 0.25) is 0 Å². The summed E-state index contributed by atoms with van der Waals surface area (Å²) in [5, 5.41) is 4.66. The van der Waals surface area contributed by atoms with Gasteiger partial charge in [-0.2, -0.15) is 5.10 Å². The third-order valence-corrected chi connectivity index (χ3v) is 4.49. The molecular weight excluding hydrogens is 248 g/mol. The van der Waals surface area contributed by atoms with Gasteiger partial charge in [-0.15, -0.1) is 0 Å². The van der Waals surface area contributed by atoms with Crippen molar-refractivity contribution < 1.29 is 0 Å². The van der Waals surface area contributed by atoms with Crippen LogP contribution in [-0.4, -0.2) is 28.9 Å². The number of anilines is 1. The maximum absolute atomic E-state index is 6.04. The normalized spacial score (nSPS) is 20.2. The van der Waals surface area contributed by atoms with Crippen LogP contribution in [0.1, 0.15) is 43.9 Å². The Morgan fingerprint density at radius 2 is 1.80 bits per heavy atom. The molecule has 1 unspecified atom stereocenters. The Kier molecular flexibility index (Phi) is 3.76. The van der Waals surface area contributed by atoms with Crippen molar-refractivity contribution in [2.45, 2.75) is 52.0 Å². The molecule has 0 radical (unpaired) electrons. The molecule has 20 heavy (non-hydrogen) atoms. The standard InChI is InChI=1S/C16H28N4/c1-11(17)8-15-12(2)18-19(3)16(15)20(9-13-4-5-13)10-14-6-7-14/h11,13-14H,4-10,17H2,1-3H3. The molecule has 2 fully saturated rings. The van der Waals surface area contributed by atoms with Crippen molar-refractivity contribution in [1.82, 2.24) is 9.78 Å².